The Morgan fingerprint density at radius 2 is 1.69 bits per heavy atom. The van der Waals surface area contributed by atoms with Crippen LogP contribution in [0.25, 0.3) is 0 Å². The molecule has 3 aromatic rings. The second-order valence-corrected chi connectivity index (χ2v) is 7.53. The number of benzene rings is 2. The molecule has 0 spiro atoms. The number of amides is 4. The summed E-state index contributed by atoms with van der Waals surface area (Å²) in [7, 11) is 2.96. The van der Waals surface area contributed by atoms with Crippen molar-refractivity contribution in [2.45, 2.75) is 13.1 Å². The van der Waals surface area contributed by atoms with Crippen LogP contribution in [0.15, 0.2) is 60.8 Å². The number of halogens is 3. The number of aromatic nitrogens is 1. The molecular weight excluding hydrogens is 463 g/mol. The number of nitrogens with one attached hydrogen (secondary N) is 3. The maximum Gasteiger partial charge on any atom is 0.416 e. The van der Waals surface area contributed by atoms with Gasteiger partial charge in [-0.15, -0.1) is 0 Å². The third-order valence-corrected chi connectivity index (χ3v) is 5.08. The van der Waals surface area contributed by atoms with Crippen molar-refractivity contribution in [1.82, 2.24) is 10.3 Å². The Morgan fingerprint density at radius 1 is 0.943 bits per heavy atom. The summed E-state index contributed by atoms with van der Waals surface area (Å²) in [5.41, 5.74) is 0.770. The molecule has 0 fully saturated rings. The summed E-state index contributed by atoms with van der Waals surface area (Å²) in [4.78, 5) is 42.5. The Kier molecular flexibility index (Phi) is 7.38. The molecule has 0 saturated heterocycles. The van der Waals surface area contributed by atoms with Gasteiger partial charge in [0, 0.05) is 42.9 Å². The molecular formula is C24H22F3N5O3. The first-order valence-corrected chi connectivity index (χ1v) is 10.3. The van der Waals surface area contributed by atoms with Crippen LogP contribution in [-0.4, -0.2) is 36.9 Å². The van der Waals surface area contributed by atoms with Crippen LogP contribution < -0.4 is 20.9 Å². The predicted molar refractivity (Wildman–Crippen MR) is 126 cm³/mol. The van der Waals surface area contributed by atoms with E-state index in [0.717, 1.165) is 12.1 Å². The van der Waals surface area contributed by atoms with E-state index in [1.165, 1.54) is 55.5 Å². The van der Waals surface area contributed by atoms with E-state index in [1.807, 2.05) is 0 Å². The number of anilines is 3. The molecule has 0 unspecified atom stereocenters. The average Bonchev–Trinajstić information content (AvgIpc) is 2.84. The van der Waals surface area contributed by atoms with Gasteiger partial charge >= 0.3 is 12.2 Å². The highest BCUT2D eigenvalue weighted by Crippen LogP contribution is 2.31. The van der Waals surface area contributed by atoms with E-state index in [1.54, 1.807) is 19.1 Å². The van der Waals surface area contributed by atoms with Crippen molar-refractivity contribution in [3.8, 4) is 0 Å². The van der Waals surface area contributed by atoms with Crippen LogP contribution in [0.1, 0.15) is 32.0 Å². The molecule has 35 heavy (non-hydrogen) atoms. The van der Waals surface area contributed by atoms with E-state index in [9.17, 15) is 27.6 Å². The van der Waals surface area contributed by atoms with Gasteiger partial charge in [-0.05, 0) is 55.0 Å². The van der Waals surface area contributed by atoms with Crippen molar-refractivity contribution in [2.75, 3.05) is 29.6 Å². The van der Waals surface area contributed by atoms with Crippen molar-refractivity contribution in [3.05, 3.63) is 83.2 Å². The number of carbonyl (C=O) groups excluding carboxylic acids is 3. The molecule has 8 nitrogen and oxygen atoms in total. The summed E-state index contributed by atoms with van der Waals surface area (Å²) < 4.78 is 38.8. The van der Waals surface area contributed by atoms with Gasteiger partial charge in [-0.1, -0.05) is 12.1 Å². The predicted octanol–water partition coefficient (Wildman–Crippen LogP) is 4.69. The molecule has 1 heterocycles. The summed E-state index contributed by atoms with van der Waals surface area (Å²) in [5, 5.41) is 7.59. The van der Waals surface area contributed by atoms with Gasteiger partial charge in [0.1, 0.15) is 5.69 Å². The number of pyridine rings is 1. The van der Waals surface area contributed by atoms with E-state index in [4.69, 9.17) is 0 Å². The Labute approximate surface area is 199 Å². The minimum atomic E-state index is -4.54. The minimum absolute atomic E-state index is 0.0136. The van der Waals surface area contributed by atoms with Crippen molar-refractivity contribution in [2.24, 2.45) is 0 Å². The fraction of sp³-hybridized carbons (Fsp3) is 0.167. The summed E-state index contributed by atoms with van der Waals surface area (Å²) in [6.07, 6.45) is -3.14. The van der Waals surface area contributed by atoms with Crippen molar-refractivity contribution in [1.29, 1.82) is 0 Å². The van der Waals surface area contributed by atoms with Gasteiger partial charge in [0.25, 0.3) is 11.8 Å². The molecule has 3 rings (SSSR count). The fourth-order valence-electron chi connectivity index (χ4n) is 3.07. The van der Waals surface area contributed by atoms with Gasteiger partial charge in [0.15, 0.2) is 0 Å². The topological polar surface area (TPSA) is 103 Å². The lowest BCUT2D eigenvalue weighted by atomic mass is 10.1. The monoisotopic (exact) mass is 485 g/mol. The molecule has 0 radical (unpaired) electrons. The van der Waals surface area contributed by atoms with E-state index in [2.05, 4.69) is 20.9 Å². The molecule has 2 aromatic carbocycles. The summed E-state index contributed by atoms with van der Waals surface area (Å²) >= 11 is 0. The number of hydrogen-bond acceptors (Lipinski definition) is 4. The van der Waals surface area contributed by atoms with Crippen LogP contribution in [0.5, 0.6) is 0 Å². The van der Waals surface area contributed by atoms with Gasteiger partial charge in [-0.3, -0.25) is 19.5 Å². The highest BCUT2D eigenvalue weighted by molar-refractivity contribution is 6.07. The number of nitrogens with zero attached hydrogens (tertiary/aromatic N) is 2. The third-order valence-electron chi connectivity index (χ3n) is 5.08. The number of rotatable bonds is 5. The maximum atomic E-state index is 12.9. The zero-order valence-electron chi connectivity index (χ0n) is 19.0. The largest absolute Gasteiger partial charge is 0.416 e. The zero-order chi connectivity index (χ0) is 25.8. The van der Waals surface area contributed by atoms with Crippen LogP contribution in [0.4, 0.5) is 35.0 Å². The minimum Gasteiger partial charge on any atom is -0.354 e. The Balaban J connectivity index is 1.76. The number of urea groups is 1. The molecule has 0 aliphatic carbocycles. The summed E-state index contributed by atoms with van der Waals surface area (Å²) in [5.74, 6) is -1.05. The van der Waals surface area contributed by atoms with E-state index >= 15 is 0 Å². The lowest BCUT2D eigenvalue weighted by Crippen LogP contribution is -2.32. The van der Waals surface area contributed by atoms with E-state index in [0.29, 0.717) is 16.9 Å². The molecule has 1 aromatic heterocycles. The van der Waals surface area contributed by atoms with E-state index in [-0.39, 0.29) is 16.9 Å². The first-order chi connectivity index (χ1) is 16.5. The molecule has 11 heteroatoms. The highest BCUT2D eigenvalue weighted by Gasteiger charge is 2.30. The molecule has 0 atom stereocenters. The quantitative estimate of drug-likeness (QED) is 0.488. The molecule has 3 N–H and O–H groups in total. The Hall–Kier alpha value is -4.41. The van der Waals surface area contributed by atoms with Gasteiger partial charge in [0.05, 0.1) is 5.56 Å². The Bertz CT molecular complexity index is 1280. The van der Waals surface area contributed by atoms with Crippen LogP contribution in [0.2, 0.25) is 0 Å². The average molecular weight is 485 g/mol. The number of aryl methyl sites for hydroxylation is 1. The van der Waals surface area contributed by atoms with Crippen molar-refractivity contribution >= 4 is 34.9 Å². The second kappa shape index (κ2) is 10.2. The number of carbonyl (C=O) groups is 3. The van der Waals surface area contributed by atoms with Crippen LogP contribution >= 0.6 is 0 Å². The van der Waals surface area contributed by atoms with Gasteiger partial charge in [-0.2, -0.15) is 13.2 Å². The number of alkyl halides is 3. The first kappa shape index (κ1) is 25.2. The molecule has 0 bridgehead atoms. The van der Waals surface area contributed by atoms with Gasteiger partial charge < -0.3 is 16.0 Å². The van der Waals surface area contributed by atoms with Crippen LogP contribution in [-0.2, 0) is 6.18 Å². The maximum absolute atomic E-state index is 12.9. The molecule has 0 aliphatic rings. The lowest BCUT2D eigenvalue weighted by molar-refractivity contribution is -0.137. The normalized spacial score (nSPS) is 10.9. The molecule has 0 aliphatic heterocycles. The SMILES string of the molecule is CNC(=O)c1cc(N(C)C(=O)Nc2cc(C(=O)Nc3cccc(C(F)(F)F)c3)ccc2C)ccn1. The standard InChI is InChI=1S/C24H22F3N5O3/c1-14-7-8-15(21(33)30-17-6-4-5-16(12-17)24(25,26)27)11-19(14)31-23(35)32(3)18-9-10-29-20(13-18)22(34)28-2/h4-13H,1-3H3,(H,28,34)(H,30,33)(H,31,35). The summed E-state index contributed by atoms with van der Waals surface area (Å²) in [6.45, 7) is 1.72. The molecule has 4 amide bonds. The molecule has 182 valence electrons. The smallest absolute Gasteiger partial charge is 0.354 e. The van der Waals surface area contributed by atoms with Crippen molar-refractivity contribution in [3.63, 3.8) is 0 Å². The van der Waals surface area contributed by atoms with Crippen LogP contribution in [0.3, 0.4) is 0 Å². The Morgan fingerprint density at radius 3 is 2.37 bits per heavy atom. The van der Waals surface area contributed by atoms with Crippen molar-refractivity contribution < 1.29 is 27.6 Å². The van der Waals surface area contributed by atoms with Crippen LogP contribution in [0, 0.1) is 6.92 Å². The first-order valence-electron chi connectivity index (χ1n) is 10.3. The lowest BCUT2D eigenvalue weighted by Gasteiger charge is -2.19. The highest BCUT2D eigenvalue weighted by atomic mass is 19.4. The molecule has 0 saturated carbocycles. The van der Waals surface area contributed by atoms with Gasteiger partial charge in [0.2, 0.25) is 0 Å². The second-order valence-electron chi connectivity index (χ2n) is 7.53. The van der Waals surface area contributed by atoms with Gasteiger partial charge in [-0.25, -0.2) is 4.79 Å². The van der Waals surface area contributed by atoms with E-state index < -0.39 is 29.6 Å². The fourth-order valence-corrected chi connectivity index (χ4v) is 3.07. The summed E-state index contributed by atoms with van der Waals surface area (Å²) in [6, 6.07) is 11.3. The zero-order valence-corrected chi connectivity index (χ0v) is 19.0. The number of hydrogen-bond donors (Lipinski definition) is 3. The third kappa shape index (κ3) is 6.14.